The van der Waals surface area contributed by atoms with Gasteiger partial charge in [-0.25, -0.2) is 4.79 Å². The van der Waals surface area contributed by atoms with Crippen molar-refractivity contribution in [2.75, 3.05) is 37.4 Å². The quantitative estimate of drug-likeness (QED) is 0.455. The molecule has 3 amide bonds. The van der Waals surface area contributed by atoms with Crippen molar-refractivity contribution in [1.29, 1.82) is 0 Å². The van der Waals surface area contributed by atoms with Gasteiger partial charge in [0.25, 0.3) is 5.91 Å². The molecule has 0 saturated carbocycles. The van der Waals surface area contributed by atoms with Gasteiger partial charge in [0.2, 0.25) is 0 Å². The molecule has 3 aromatic carbocycles. The van der Waals surface area contributed by atoms with E-state index in [2.05, 4.69) is 23.6 Å². The van der Waals surface area contributed by atoms with Crippen molar-refractivity contribution in [3.8, 4) is 0 Å². The number of anilines is 2. The average Bonchev–Trinajstić information content (AvgIpc) is 2.92. The lowest BCUT2D eigenvalue weighted by molar-refractivity contribution is 0.0950. The van der Waals surface area contributed by atoms with Crippen LogP contribution in [0.15, 0.2) is 72.8 Å². The van der Waals surface area contributed by atoms with E-state index in [1.807, 2.05) is 90.6 Å². The third kappa shape index (κ3) is 6.45. The number of hydrogen-bond acceptors (Lipinski definition) is 3. The van der Waals surface area contributed by atoms with Crippen LogP contribution >= 0.6 is 0 Å². The summed E-state index contributed by atoms with van der Waals surface area (Å²) >= 11 is 0. The lowest BCUT2D eigenvalue weighted by Crippen LogP contribution is -2.41. The lowest BCUT2D eigenvalue weighted by Gasteiger charge is -2.33. The molecule has 1 heterocycles. The van der Waals surface area contributed by atoms with Crippen molar-refractivity contribution in [2.24, 2.45) is 0 Å². The van der Waals surface area contributed by atoms with E-state index in [1.54, 1.807) is 0 Å². The van der Waals surface area contributed by atoms with E-state index in [9.17, 15) is 9.59 Å². The zero-order valence-electron chi connectivity index (χ0n) is 21.5. The van der Waals surface area contributed by atoms with Crippen LogP contribution in [0.4, 0.5) is 16.2 Å². The van der Waals surface area contributed by atoms with Crippen LogP contribution in [-0.4, -0.2) is 44.0 Å². The molecule has 188 valence electrons. The number of nitrogens with one attached hydrogen (secondary N) is 2. The molecule has 1 atom stereocenters. The summed E-state index contributed by atoms with van der Waals surface area (Å²) < 4.78 is 0. The van der Waals surface area contributed by atoms with Crippen LogP contribution in [0.25, 0.3) is 0 Å². The monoisotopic (exact) mass is 484 g/mol. The summed E-state index contributed by atoms with van der Waals surface area (Å²) in [5.74, 6) is 0.118. The zero-order valence-corrected chi connectivity index (χ0v) is 21.5. The van der Waals surface area contributed by atoms with Gasteiger partial charge in [0.05, 0.1) is 0 Å². The van der Waals surface area contributed by atoms with E-state index in [0.717, 1.165) is 48.3 Å². The lowest BCUT2D eigenvalue weighted by atomic mass is 9.89. The summed E-state index contributed by atoms with van der Waals surface area (Å²) in [6.07, 6.45) is 2.91. The molecule has 0 spiro atoms. The van der Waals surface area contributed by atoms with Gasteiger partial charge >= 0.3 is 6.03 Å². The first-order valence-corrected chi connectivity index (χ1v) is 12.7. The normalized spacial score (nSPS) is 15.3. The van der Waals surface area contributed by atoms with E-state index in [0.29, 0.717) is 18.7 Å². The van der Waals surface area contributed by atoms with Crippen molar-refractivity contribution in [2.45, 2.75) is 38.6 Å². The van der Waals surface area contributed by atoms with Gasteiger partial charge in [0, 0.05) is 56.6 Å². The molecule has 1 saturated heterocycles. The van der Waals surface area contributed by atoms with Gasteiger partial charge in [-0.3, -0.25) is 4.79 Å². The van der Waals surface area contributed by atoms with Gasteiger partial charge in [-0.1, -0.05) is 43.3 Å². The number of rotatable bonds is 7. The average molecular weight is 485 g/mol. The number of urea groups is 1. The fraction of sp³-hybridized carbons (Fsp3) is 0.333. The van der Waals surface area contributed by atoms with Crippen LogP contribution in [0, 0.1) is 0 Å². The molecule has 0 aromatic heterocycles. The molecule has 0 bridgehead atoms. The Balaban J connectivity index is 1.35. The minimum Gasteiger partial charge on any atom is -0.378 e. The first-order valence-electron chi connectivity index (χ1n) is 12.7. The van der Waals surface area contributed by atoms with E-state index in [4.69, 9.17) is 0 Å². The van der Waals surface area contributed by atoms with Crippen molar-refractivity contribution in [1.82, 2.24) is 10.2 Å². The molecular weight excluding hydrogens is 448 g/mol. The SMILES string of the molecule is CCc1ccc(NC(=O)N2CCCC(c3cccc(C(=O)NCc4ccc(N(C)C)cc4)c3)C2)cc1. The molecule has 1 aliphatic heterocycles. The van der Waals surface area contributed by atoms with E-state index in [-0.39, 0.29) is 17.9 Å². The maximum Gasteiger partial charge on any atom is 0.321 e. The Morgan fingerprint density at radius 2 is 1.69 bits per heavy atom. The Morgan fingerprint density at radius 3 is 2.39 bits per heavy atom. The molecule has 4 rings (SSSR count). The second kappa shape index (κ2) is 11.8. The maximum atomic E-state index is 12.9. The number of hydrogen-bond donors (Lipinski definition) is 2. The number of carbonyl (C=O) groups excluding carboxylic acids is 2. The number of benzene rings is 3. The fourth-order valence-electron chi connectivity index (χ4n) is 4.59. The molecule has 3 aromatic rings. The smallest absolute Gasteiger partial charge is 0.321 e. The van der Waals surface area contributed by atoms with E-state index in [1.165, 1.54) is 5.56 Å². The summed E-state index contributed by atoms with van der Waals surface area (Å²) in [6, 6.07) is 23.9. The number of amides is 3. The maximum absolute atomic E-state index is 12.9. The van der Waals surface area contributed by atoms with Gasteiger partial charge in [0.15, 0.2) is 0 Å². The topological polar surface area (TPSA) is 64.7 Å². The largest absolute Gasteiger partial charge is 0.378 e. The van der Waals surface area contributed by atoms with Crippen LogP contribution < -0.4 is 15.5 Å². The third-order valence-electron chi connectivity index (χ3n) is 6.85. The molecule has 0 aliphatic carbocycles. The molecular formula is C30H36N4O2. The minimum absolute atomic E-state index is 0.0712. The highest BCUT2D eigenvalue weighted by Crippen LogP contribution is 2.28. The molecule has 1 unspecified atom stereocenters. The van der Waals surface area contributed by atoms with E-state index < -0.39 is 0 Å². The molecule has 6 heteroatoms. The number of carbonyl (C=O) groups is 2. The molecule has 2 N–H and O–H groups in total. The Labute approximate surface area is 214 Å². The van der Waals surface area contributed by atoms with Crippen molar-refractivity contribution in [3.63, 3.8) is 0 Å². The van der Waals surface area contributed by atoms with Crippen molar-refractivity contribution < 1.29 is 9.59 Å². The number of nitrogens with zero attached hydrogens (tertiary/aromatic N) is 2. The number of aryl methyl sites for hydroxylation is 1. The Bertz CT molecular complexity index is 1170. The predicted octanol–water partition coefficient (Wildman–Crippen LogP) is 5.66. The first kappa shape index (κ1) is 25.3. The van der Waals surface area contributed by atoms with Crippen LogP contribution in [0.3, 0.4) is 0 Å². The summed E-state index contributed by atoms with van der Waals surface area (Å²) in [7, 11) is 4.01. The highest BCUT2D eigenvalue weighted by molar-refractivity contribution is 5.94. The standard InChI is InChI=1S/C30H36N4O2/c1-4-22-10-14-27(15-11-22)32-30(36)34-18-6-9-26(21-34)24-7-5-8-25(19-24)29(35)31-20-23-12-16-28(17-13-23)33(2)3/h5,7-8,10-17,19,26H,4,6,9,18,20-21H2,1-3H3,(H,31,35)(H,32,36). The van der Waals surface area contributed by atoms with Gasteiger partial charge in [-0.2, -0.15) is 0 Å². The Hall–Kier alpha value is -3.80. The van der Waals surface area contributed by atoms with Gasteiger partial charge in [-0.15, -0.1) is 0 Å². The highest BCUT2D eigenvalue weighted by atomic mass is 16.2. The Morgan fingerprint density at radius 1 is 0.972 bits per heavy atom. The molecule has 1 fully saturated rings. The number of piperidine rings is 1. The zero-order chi connectivity index (χ0) is 25.5. The highest BCUT2D eigenvalue weighted by Gasteiger charge is 2.25. The third-order valence-corrected chi connectivity index (χ3v) is 6.85. The van der Waals surface area contributed by atoms with Crippen LogP contribution in [0.2, 0.25) is 0 Å². The second-order valence-corrected chi connectivity index (χ2v) is 9.63. The first-order chi connectivity index (χ1) is 17.4. The second-order valence-electron chi connectivity index (χ2n) is 9.63. The predicted molar refractivity (Wildman–Crippen MR) is 147 cm³/mol. The minimum atomic E-state index is -0.0885. The summed E-state index contributed by atoms with van der Waals surface area (Å²) in [6.45, 7) is 3.97. The molecule has 0 radical (unpaired) electrons. The summed E-state index contributed by atoms with van der Waals surface area (Å²) in [5.41, 5.74) is 6.00. The van der Waals surface area contributed by atoms with Gasteiger partial charge < -0.3 is 20.4 Å². The van der Waals surface area contributed by atoms with Crippen LogP contribution in [0.5, 0.6) is 0 Å². The van der Waals surface area contributed by atoms with E-state index >= 15 is 0 Å². The molecule has 1 aliphatic rings. The number of likely N-dealkylation sites (tertiary alicyclic amines) is 1. The molecule has 36 heavy (non-hydrogen) atoms. The van der Waals surface area contributed by atoms with Crippen molar-refractivity contribution in [3.05, 3.63) is 95.1 Å². The fourth-order valence-corrected chi connectivity index (χ4v) is 4.59. The Kier molecular flexibility index (Phi) is 8.26. The summed E-state index contributed by atoms with van der Waals surface area (Å²) in [4.78, 5) is 29.7. The molecule has 6 nitrogen and oxygen atoms in total. The van der Waals surface area contributed by atoms with Crippen molar-refractivity contribution >= 4 is 23.3 Å². The van der Waals surface area contributed by atoms with Crippen LogP contribution in [-0.2, 0) is 13.0 Å². The summed E-state index contributed by atoms with van der Waals surface area (Å²) in [5, 5.41) is 6.06. The van der Waals surface area contributed by atoms with Crippen LogP contribution in [0.1, 0.15) is 52.7 Å². The van der Waals surface area contributed by atoms with Gasteiger partial charge in [-0.05, 0) is 72.4 Å². The van der Waals surface area contributed by atoms with Gasteiger partial charge in [0.1, 0.15) is 0 Å².